The van der Waals surface area contributed by atoms with E-state index >= 15 is 0 Å². The molecule has 2 aromatic carbocycles. The summed E-state index contributed by atoms with van der Waals surface area (Å²) < 4.78 is 1.54. The van der Waals surface area contributed by atoms with Crippen molar-refractivity contribution in [2.75, 3.05) is 6.54 Å². The number of amides is 3. The average Bonchev–Trinajstić information content (AvgIpc) is 2.73. The van der Waals surface area contributed by atoms with Gasteiger partial charge in [-0.05, 0) is 31.5 Å². The molecule has 2 N–H and O–H groups in total. The number of imide groups is 1. The number of carbonyl (C=O) groups is 2. The lowest BCUT2D eigenvalue weighted by Gasteiger charge is -2.18. The molecule has 1 aromatic heterocycles. The van der Waals surface area contributed by atoms with Crippen LogP contribution in [0.1, 0.15) is 24.7 Å². The molecule has 3 amide bonds. The smallest absolute Gasteiger partial charge is 0.321 e. The third kappa shape index (κ3) is 4.65. The van der Waals surface area contributed by atoms with E-state index in [1.54, 1.807) is 29.7 Å². The second-order valence-corrected chi connectivity index (χ2v) is 7.29. The predicted molar refractivity (Wildman–Crippen MR) is 114 cm³/mol. The molecule has 7 nitrogen and oxygen atoms in total. The number of thioether (sulfide) groups is 1. The van der Waals surface area contributed by atoms with Crippen LogP contribution in [0.4, 0.5) is 4.79 Å². The molecule has 0 bridgehead atoms. The summed E-state index contributed by atoms with van der Waals surface area (Å²) in [7, 11) is 0. The molecule has 0 aliphatic heterocycles. The molecule has 8 heteroatoms. The summed E-state index contributed by atoms with van der Waals surface area (Å²) in [5.74, 6) is -0.475. The summed E-state index contributed by atoms with van der Waals surface area (Å²) in [6.07, 6.45) is 0. The number of benzene rings is 2. The van der Waals surface area contributed by atoms with Gasteiger partial charge in [0.05, 0.1) is 10.9 Å². The second kappa shape index (κ2) is 9.38. The van der Waals surface area contributed by atoms with Gasteiger partial charge in [0.25, 0.3) is 5.56 Å². The minimum atomic E-state index is -0.746. The third-order valence-corrected chi connectivity index (χ3v) is 5.53. The number of nitrogens with one attached hydrogen (secondary N) is 2. The Hall–Kier alpha value is -3.13. The molecular formula is C21H22N4O3S. The highest BCUT2D eigenvalue weighted by Crippen LogP contribution is 2.34. The average molecular weight is 410 g/mol. The van der Waals surface area contributed by atoms with Crippen LogP contribution in [-0.2, 0) is 11.3 Å². The minimum Gasteiger partial charge on any atom is -0.338 e. The van der Waals surface area contributed by atoms with Crippen molar-refractivity contribution in [2.45, 2.75) is 30.8 Å². The van der Waals surface area contributed by atoms with E-state index in [1.807, 2.05) is 43.3 Å². The van der Waals surface area contributed by atoms with Crippen LogP contribution in [0, 0.1) is 0 Å². The van der Waals surface area contributed by atoms with E-state index in [-0.39, 0.29) is 5.56 Å². The lowest BCUT2D eigenvalue weighted by Crippen LogP contribution is -2.41. The van der Waals surface area contributed by atoms with Gasteiger partial charge in [0.15, 0.2) is 5.16 Å². The highest BCUT2D eigenvalue weighted by atomic mass is 32.2. The largest absolute Gasteiger partial charge is 0.338 e. The molecule has 0 aliphatic rings. The van der Waals surface area contributed by atoms with Gasteiger partial charge in [-0.15, -0.1) is 0 Å². The molecule has 0 spiro atoms. The highest BCUT2D eigenvalue weighted by Gasteiger charge is 2.26. The fourth-order valence-electron chi connectivity index (χ4n) is 2.90. The van der Waals surface area contributed by atoms with E-state index in [0.29, 0.717) is 34.7 Å². The summed E-state index contributed by atoms with van der Waals surface area (Å²) in [6.45, 7) is 4.45. The SMILES string of the molecule is CCNC(=O)NC(=O)[C@@H](Sc1nc2ccccc2c(=O)n1CC)c1ccccc1. The molecule has 0 radical (unpaired) electrons. The molecule has 3 aromatic rings. The Morgan fingerprint density at radius 1 is 1.07 bits per heavy atom. The molecule has 0 saturated carbocycles. The number of hydrogen-bond donors (Lipinski definition) is 2. The molecular weight excluding hydrogens is 388 g/mol. The molecule has 0 fully saturated rings. The van der Waals surface area contributed by atoms with Crippen LogP contribution >= 0.6 is 11.8 Å². The molecule has 29 heavy (non-hydrogen) atoms. The Morgan fingerprint density at radius 2 is 1.76 bits per heavy atom. The fourth-order valence-corrected chi connectivity index (χ4v) is 4.07. The minimum absolute atomic E-state index is 0.156. The van der Waals surface area contributed by atoms with E-state index in [2.05, 4.69) is 15.6 Å². The van der Waals surface area contributed by atoms with Gasteiger partial charge in [0, 0.05) is 13.1 Å². The van der Waals surface area contributed by atoms with Gasteiger partial charge in [0.2, 0.25) is 5.91 Å². The van der Waals surface area contributed by atoms with Crippen molar-refractivity contribution in [1.82, 2.24) is 20.2 Å². The van der Waals surface area contributed by atoms with Crippen molar-refractivity contribution in [2.24, 2.45) is 0 Å². The van der Waals surface area contributed by atoms with Crippen molar-refractivity contribution in [3.63, 3.8) is 0 Å². The van der Waals surface area contributed by atoms with Crippen molar-refractivity contribution in [3.8, 4) is 0 Å². The quantitative estimate of drug-likeness (QED) is 0.481. The lowest BCUT2D eigenvalue weighted by molar-refractivity contribution is -0.119. The Morgan fingerprint density at radius 3 is 2.45 bits per heavy atom. The van der Waals surface area contributed by atoms with Gasteiger partial charge < -0.3 is 5.32 Å². The summed E-state index contributed by atoms with van der Waals surface area (Å²) >= 11 is 1.15. The van der Waals surface area contributed by atoms with Crippen molar-refractivity contribution >= 4 is 34.6 Å². The zero-order valence-corrected chi connectivity index (χ0v) is 17.0. The predicted octanol–water partition coefficient (Wildman–Crippen LogP) is 3.10. The van der Waals surface area contributed by atoms with Gasteiger partial charge in [0.1, 0.15) is 5.25 Å². The van der Waals surface area contributed by atoms with Crippen LogP contribution in [-0.4, -0.2) is 28.0 Å². The number of aromatic nitrogens is 2. The van der Waals surface area contributed by atoms with Gasteiger partial charge in [-0.3, -0.25) is 19.5 Å². The van der Waals surface area contributed by atoms with Crippen molar-refractivity contribution in [3.05, 3.63) is 70.5 Å². The van der Waals surface area contributed by atoms with Gasteiger partial charge >= 0.3 is 6.03 Å². The maximum atomic E-state index is 12.9. The van der Waals surface area contributed by atoms with Crippen LogP contribution in [0.25, 0.3) is 10.9 Å². The Kier molecular flexibility index (Phi) is 6.66. The zero-order chi connectivity index (χ0) is 20.8. The van der Waals surface area contributed by atoms with Crippen LogP contribution in [0.2, 0.25) is 0 Å². The number of urea groups is 1. The van der Waals surface area contributed by atoms with E-state index in [0.717, 1.165) is 11.8 Å². The van der Waals surface area contributed by atoms with Crippen LogP contribution in [0.5, 0.6) is 0 Å². The highest BCUT2D eigenvalue weighted by molar-refractivity contribution is 8.00. The first-order chi connectivity index (χ1) is 14.0. The number of rotatable bonds is 6. The normalized spacial score (nSPS) is 11.8. The number of nitrogens with zero attached hydrogens (tertiary/aromatic N) is 2. The summed E-state index contributed by atoms with van der Waals surface area (Å²) in [4.78, 5) is 42.2. The summed E-state index contributed by atoms with van der Waals surface area (Å²) in [5.41, 5.74) is 1.13. The molecule has 0 aliphatic carbocycles. The van der Waals surface area contributed by atoms with E-state index < -0.39 is 17.2 Å². The van der Waals surface area contributed by atoms with E-state index in [4.69, 9.17) is 0 Å². The molecule has 1 heterocycles. The topological polar surface area (TPSA) is 93.1 Å². The van der Waals surface area contributed by atoms with Crippen LogP contribution in [0.3, 0.4) is 0 Å². The number of carbonyl (C=O) groups excluding carboxylic acids is 2. The monoisotopic (exact) mass is 410 g/mol. The second-order valence-electron chi connectivity index (χ2n) is 6.22. The fraction of sp³-hybridized carbons (Fsp3) is 0.238. The maximum Gasteiger partial charge on any atom is 0.321 e. The Bertz CT molecular complexity index is 1080. The van der Waals surface area contributed by atoms with Crippen molar-refractivity contribution < 1.29 is 9.59 Å². The number of fused-ring (bicyclic) bond motifs is 1. The molecule has 0 unspecified atom stereocenters. The first-order valence-electron chi connectivity index (χ1n) is 9.35. The van der Waals surface area contributed by atoms with E-state index in [1.165, 1.54) is 0 Å². The molecule has 1 atom stereocenters. The Balaban J connectivity index is 2.03. The standard InChI is InChI=1S/C21H22N4O3S/c1-3-22-20(28)24-18(26)17(14-10-6-5-7-11-14)29-21-23-16-13-9-8-12-15(16)19(27)25(21)4-2/h5-13,17H,3-4H2,1-2H3,(H2,22,24,26,28)/t17-/m0/s1. The van der Waals surface area contributed by atoms with Crippen LogP contribution in [0.15, 0.2) is 64.5 Å². The lowest BCUT2D eigenvalue weighted by atomic mass is 10.1. The number of hydrogen-bond acceptors (Lipinski definition) is 5. The molecule has 0 saturated heterocycles. The van der Waals surface area contributed by atoms with E-state index in [9.17, 15) is 14.4 Å². The van der Waals surface area contributed by atoms with Crippen LogP contribution < -0.4 is 16.2 Å². The third-order valence-electron chi connectivity index (χ3n) is 4.28. The summed E-state index contributed by atoms with van der Waals surface area (Å²) in [6, 6.07) is 15.7. The zero-order valence-electron chi connectivity index (χ0n) is 16.2. The number of para-hydroxylation sites is 1. The Labute approximate surface area is 172 Å². The first-order valence-corrected chi connectivity index (χ1v) is 10.2. The van der Waals surface area contributed by atoms with Gasteiger partial charge in [-0.1, -0.05) is 54.2 Å². The van der Waals surface area contributed by atoms with Crippen molar-refractivity contribution in [1.29, 1.82) is 0 Å². The maximum absolute atomic E-state index is 12.9. The first kappa shape index (κ1) is 20.6. The van der Waals surface area contributed by atoms with Gasteiger partial charge in [-0.2, -0.15) is 0 Å². The van der Waals surface area contributed by atoms with Gasteiger partial charge in [-0.25, -0.2) is 9.78 Å². The molecule has 150 valence electrons. The summed E-state index contributed by atoms with van der Waals surface area (Å²) in [5, 5.41) is 5.13. The molecule has 3 rings (SSSR count).